The number of carbonyl (C=O) groups excluding carboxylic acids is 1. The number of allylic oxidation sites excluding steroid dienone is 4. The number of rotatable bonds is 45. The van der Waals surface area contributed by atoms with Gasteiger partial charge in [0, 0.05) is 13.0 Å². The highest BCUT2D eigenvalue weighted by atomic mass is 31.2. The molecule has 8 nitrogen and oxygen atoms in total. The molecule has 332 valence electrons. The number of aliphatic hydroxyl groups excluding tert-OH is 1. The maximum Gasteiger partial charge on any atom is 0.472 e. The molecular formula is C47H93N2O6P. The molecule has 0 aliphatic rings. The first-order valence-corrected chi connectivity index (χ1v) is 25.4. The van der Waals surface area contributed by atoms with Gasteiger partial charge >= 0.3 is 7.82 Å². The molecule has 0 aromatic heterocycles. The second kappa shape index (κ2) is 43.6. The summed E-state index contributed by atoms with van der Waals surface area (Å²) in [5.41, 5.74) is 5.39. The smallest absolute Gasteiger partial charge is 0.391 e. The molecule has 56 heavy (non-hydrogen) atoms. The third-order valence-corrected chi connectivity index (χ3v) is 11.8. The van der Waals surface area contributed by atoms with Crippen molar-refractivity contribution in [3.8, 4) is 0 Å². The minimum absolute atomic E-state index is 0.0889. The Balaban J connectivity index is 4.09. The highest BCUT2D eigenvalue weighted by molar-refractivity contribution is 7.47. The highest BCUT2D eigenvalue weighted by Gasteiger charge is 2.27. The van der Waals surface area contributed by atoms with E-state index in [1.165, 1.54) is 167 Å². The summed E-state index contributed by atoms with van der Waals surface area (Å²) in [6, 6.07) is -0.775. The van der Waals surface area contributed by atoms with Crippen LogP contribution in [0.15, 0.2) is 24.3 Å². The van der Waals surface area contributed by atoms with E-state index in [0.29, 0.717) is 12.8 Å². The average molecular weight is 813 g/mol. The van der Waals surface area contributed by atoms with Gasteiger partial charge in [0.25, 0.3) is 0 Å². The molecule has 9 heteroatoms. The van der Waals surface area contributed by atoms with Crippen molar-refractivity contribution in [3.05, 3.63) is 24.3 Å². The normalized spacial score (nSPS) is 14.2. The van der Waals surface area contributed by atoms with Crippen LogP contribution in [0.3, 0.4) is 0 Å². The van der Waals surface area contributed by atoms with E-state index in [0.717, 1.165) is 44.9 Å². The van der Waals surface area contributed by atoms with Gasteiger partial charge in [-0.3, -0.25) is 13.8 Å². The largest absolute Gasteiger partial charge is 0.472 e. The van der Waals surface area contributed by atoms with Gasteiger partial charge in [0.2, 0.25) is 5.91 Å². The highest BCUT2D eigenvalue weighted by Crippen LogP contribution is 2.43. The van der Waals surface area contributed by atoms with Gasteiger partial charge in [0.15, 0.2) is 0 Å². The first-order chi connectivity index (χ1) is 27.4. The number of phosphoric acid groups is 1. The maximum atomic E-state index is 12.8. The fourth-order valence-corrected chi connectivity index (χ4v) is 7.93. The fraction of sp³-hybridized carbons (Fsp3) is 0.894. The number of nitrogens with one attached hydrogen (secondary N) is 1. The number of carbonyl (C=O) groups is 1. The molecule has 0 aromatic rings. The van der Waals surface area contributed by atoms with E-state index < -0.39 is 20.0 Å². The van der Waals surface area contributed by atoms with Gasteiger partial charge < -0.3 is 21.1 Å². The predicted octanol–water partition coefficient (Wildman–Crippen LogP) is 13.7. The molecular weight excluding hydrogens is 719 g/mol. The maximum absolute atomic E-state index is 12.8. The van der Waals surface area contributed by atoms with Gasteiger partial charge in [-0.2, -0.15) is 0 Å². The van der Waals surface area contributed by atoms with Crippen LogP contribution in [0.25, 0.3) is 0 Å². The molecule has 0 aliphatic heterocycles. The SMILES string of the molecule is CCCCCCC/C=C\C/C=C\CCCCCCCCCCCC(=O)NC(COP(=O)(O)OCCN)C(O)CCCCCCCCCCCCCCCCCC. The molecule has 0 aliphatic carbocycles. The first kappa shape index (κ1) is 55.0. The van der Waals surface area contributed by atoms with Gasteiger partial charge in [-0.25, -0.2) is 4.57 Å². The summed E-state index contributed by atoms with van der Waals surface area (Å²) in [7, 11) is -4.32. The van der Waals surface area contributed by atoms with Crippen molar-refractivity contribution in [2.75, 3.05) is 19.8 Å². The lowest BCUT2D eigenvalue weighted by molar-refractivity contribution is -0.123. The zero-order valence-electron chi connectivity index (χ0n) is 36.9. The lowest BCUT2D eigenvalue weighted by Crippen LogP contribution is -2.46. The minimum atomic E-state index is -4.32. The molecule has 1 amide bonds. The van der Waals surface area contributed by atoms with E-state index >= 15 is 0 Å². The Hall–Kier alpha value is -1.02. The van der Waals surface area contributed by atoms with Gasteiger partial charge in [-0.1, -0.05) is 212 Å². The van der Waals surface area contributed by atoms with Crippen molar-refractivity contribution >= 4 is 13.7 Å². The van der Waals surface area contributed by atoms with Gasteiger partial charge in [0.05, 0.1) is 25.4 Å². The van der Waals surface area contributed by atoms with E-state index in [-0.39, 0.29) is 25.7 Å². The van der Waals surface area contributed by atoms with Crippen LogP contribution < -0.4 is 11.1 Å². The third kappa shape index (κ3) is 41.2. The van der Waals surface area contributed by atoms with Crippen molar-refractivity contribution in [1.82, 2.24) is 5.32 Å². The summed E-state index contributed by atoms with van der Waals surface area (Å²) in [6.45, 7) is 4.22. The molecule has 5 N–H and O–H groups in total. The van der Waals surface area contributed by atoms with Crippen molar-refractivity contribution in [3.63, 3.8) is 0 Å². The van der Waals surface area contributed by atoms with Crippen molar-refractivity contribution in [2.24, 2.45) is 5.73 Å². The number of nitrogens with two attached hydrogens (primary N) is 1. The second-order valence-corrected chi connectivity index (χ2v) is 17.8. The molecule has 3 unspecified atom stereocenters. The average Bonchev–Trinajstić information content (AvgIpc) is 3.19. The van der Waals surface area contributed by atoms with E-state index in [1.54, 1.807) is 0 Å². The number of phosphoric ester groups is 1. The summed E-state index contributed by atoms with van der Waals surface area (Å²) in [5, 5.41) is 13.8. The van der Waals surface area contributed by atoms with Crippen LogP contribution in [-0.4, -0.2) is 47.8 Å². The lowest BCUT2D eigenvalue weighted by Gasteiger charge is -2.25. The molecule has 0 saturated heterocycles. The molecule has 0 radical (unpaired) electrons. The van der Waals surface area contributed by atoms with Gasteiger partial charge in [-0.05, 0) is 44.9 Å². The Morgan fingerprint density at radius 1 is 0.589 bits per heavy atom. The summed E-state index contributed by atoms with van der Waals surface area (Å²) >= 11 is 0. The number of unbranched alkanes of at least 4 members (excludes halogenated alkanes) is 29. The standard InChI is InChI=1S/C47H93N2O6P/c1-3-5-7-9-11-13-15-17-19-21-22-23-24-25-27-29-31-33-35-37-39-41-47(51)49-45(44-55-56(52,53)54-43-42-48)46(50)40-38-36-34-32-30-28-26-20-18-16-14-12-10-8-6-4-2/h15,17,21-22,45-46,50H,3-14,16,18-20,23-44,48H2,1-2H3,(H,49,51)(H,52,53)/b17-15-,22-21-. The summed E-state index contributed by atoms with van der Waals surface area (Å²) in [6.07, 6.45) is 50.4. The Morgan fingerprint density at radius 2 is 0.982 bits per heavy atom. The summed E-state index contributed by atoms with van der Waals surface area (Å²) in [4.78, 5) is 22.8. The second-order valence-electron chi connectivity index (χ2n) is 16.3. The first-order valence-electron chi connectivity index (χ1n) is 24.0. The van der Waals surface area contributed by atoms with Crippen molar-refractivity contribution in [2.45, 2.75) is 251 Å². The predicted molar refractivity (Wildman–Crippen MR) is 240 cm³/mol. The molecule has 0 fully saturated rings. The Labute approximate surface area is 347 Å². The van der Waals surface area contributed by atoms with Crippen LogP contribution in [0, 0.1) is 0 Å². The number of aliphatic hydroxyl groups is 1. The molecule has 3 atom stereocenters. The summed E-state index contributed by atoms with van der Waals surface area (Å²) < 4.78 is 22.2. The van der Waals surface area contributed by atoms with Crippen molar-refractivity contribution < 1.29 is 28.4 Å². The molecule has 0 aromatic carbocycles. The Kier molecular flexibility index (Phi) is 42.8. The quantitative estimate of drug-likeness (QED) is 0.0273. The van der Waals surface area contributed by atoms with Crippen LogP contribution in [0.4, 0.5) is 0 Å². The van der Waals surface area contributed by atoms with Crippen LogP contribution in [0.2, 0.25) is 0 Å². The Bertz CT molecular complexity index is 932. The van der Waals surface area contributed by atoms with Crippen molar-refractivity contribution in [1.29, 1.82) is 0 Å². The molecule has 0 bridgehead atoms. The van der Waals surface area contributed by atoms with Gasteiger partial charge in [0.1, 0.15) is 0 Å². The van der Waals surface area contributed by atoms with Crippen LogP contribution in [-0.2, 0) is 18.4 Å². The topological polar surface area (TPSA) is 131 Å². The zero-order chi connectivity index (χ0) is 41.1. The molecule has 0 rings (SSSR count). The zero-order valence-corrected chi connectivity index (χ0v) is 37.8. The molecule has 0 spiro atoms. The lowest BCUT2D eigenvalue weighted by atomic mass is 10.0. The van der Waals surface area contributed by atoms with Gasteiger partial charge in [-0.15, -0.1) is 0 Å². The van der Waals surface area contributed by atoms with E-state index in [1.807, 2.05) is 0 Å². The van der Waals surface area contributed by atoms with E-state index in [4.69, 9.17) is 14.8 Å². The van der Waals surface area contributed by atoms with Crippen LogP contribution >= 0.6 is 7.82 Å². The van der Waals surface area contributed by atoms with Crippen LogP contribution in [0.5, 0.6) is 0 Å². The Morgan fingerprint density at radius 3 is 1.41 bits per heavy atom. The number of hydrogen-bond donors (Lipinski definition) is 4. The minimum Gasteiger partial charge on any atom is -0.391 e. The van der Waals surface area contributed by atoms with E-state index in [2.05, 4.69) is 43.5 Å². The number of amides is 1. The monoisotopic (exact) mass is 813 g/mol. The number of hydrogen-bond acceptors (Lipinski definition) is 6. The molecule has 0 saturated carbocycles. The third-order valence-electron chi connectivity index (χ3n) is 10.8. The van der Waals surface area contributed by atoms with Crippen LogP contribution in [0.1, 0.15) is 239 Å². The van der Waals surface area contributed by atoms with E-state index in [9.17, 15) is 19.4 Å². The summed E-state index contributed by atoms with van der Waals surface area (Å²) in [5.74, 6) is -0.164. The molecule has 0 heterocycles. The fourth-order valence-electron chi connectivity index (χ4n) is 7.17.